The van der Waals surface area contributed by atoms with E-state index in [4.69, 9.17) is 0 Å². The van der Waals surface area contributed by atoms with Crippen molar-refractivity contribution in [3.63, 3.8) is 0 Å². The predicted octanol–water partition coefficient (Wildman–Crippen LogP) is 2.21. The maximum Gasteiger partial charge on any atom is 0.256 e. The first-order valence-electron chi connectivity index (χ1n) is 6.42. The van der Waals surface area contributed by atoms with Crippen LogP contribution >= 0.6 is 0 Å². The second kappa shape index (κ2) is 5.53. The maximum absolute atomic E-state index is 14.1. The van der Waals surface area contributed by atoms with Crippen LogP contribution in [0.25, 0.3) is 5.57 Å². The Kier molecular flexibility index (Phi) is 4.00. The third-order valence-corrected chi connectivity index (χ3v) is 3.36. The number of amides is 1. The van der Waals surface area contributed by atoms with Crippen molar-refractivity contribution < 1.29 is 9.18 Å². The van der Waals surface area contributed by atoms with Gasteiger partial charge in [-0.05, 0) is 48.7 Å². The van der Waals surface area contributed by atoms with Crippen molar-refractivity contribution in [2.75, 3.05) is 27.2 Å². The van der Waals surface area contributed by atoms with Gasteiger partial charge in [-0.25, -0.2) is 4.39 Å². The van der Waals surface area contributed by atoms with E-state index in [9.17, 15) is 9.18 Å². The first kappa shape index (κ1) is 13.7. The number of hydrogen-bond donors (Lipinski definition) is 1. The van der Waals surface area contributed by atoms with Gasteiger partial charge in [-0.2, -0.15) is 0 Å². The lowest BCUT2D eigenvalue weighted by Crippen LogP contribution is -2.23. The number of benzene rings is 1. The molecule has 0 aromatic heterocycles. The van der Waals surface area contributed by atoms with Crippen molar-refractivity contribution in [3.8, 4) is 0 Å². The van der Waals surface area contributed by atoms with Crippen LogP contribution in [0.3, 0.4) is 0 Å². The van der Waals surface area contributed by atoms with Gasteiger partial charge < -0.3 is 10.2 Å². The van der Waals surface area contributed by atoms with Crippen LogP contribution in [0.2, 0.25) is 0 Å². The van der Waals surface area contributed by atoms with Gasteiger partial charge >= 0.3 is 0 Å². The molecule has 0 fully saturated rings. The van der Waals surface area contributed by atoms with Gasteiger partial charge in [0, 0.05) is 20.6 Å². The standard InChI is InChI=1S/C15H19FN2O/c1-10-8-13(15(19)18(2)3)14(16)9-12(10)11-4-6-17-7-5-11/h4,8-9,17H,5-7H2,1-3H3. The molecule has 3 nitrogen and oxygen atoms in total. The number of carbonyl (C=O) groups excluding carboxylic acids is 1. The molecule has 1 aromatic rings. The lowest BCUT2D eigenvalue weighted by atomic mass is 9.94. The molecule has 1 N–H and O–H groups in total. The number of halogens is 1. The van der Waals surface area contributed by atoms with E-state index in [0.717, 1.165) is 36.2 Å². The molecule has 0 bridgehead atoms. The summed E-state index contributed by atoms with van der Waals surface area (Å²) in [6.45, 7) is 3.64. The summed E-state index contributed by atoms with van der Waals surface area (Å²) >= 11 is 0. The van der Waals surface area contributed by atoms with Crippen LogP contribution in [0, 0.1) is 12.7 Å². The molecule has 2 rings (SSSR count). The summed E-state index contributed by atoms with van der Waals surface area (Å²) < 4.78 is 14.1. The highest BCUT2D eigenvalue weighted by Gasteiger charge is 2.17. The normalized spacial score (nSPS) is 15.1. The Morgan fingerprint density at radius 1 is 1.37 bits per heavy atom. The van der Waals surface area contributed by atoms with E-state index in [1.165, 1.54) is 11.0 Å². The molecular weight excluding hydrogens is 243 g/mol. The van der Waals surface area contributed by atoms with Crippen molar-refractivity contribution >= 4 is 11.5 Å². The smallest absolute Gasteiger partial charge is 0.256 e. The van der Waals surface area contributed by atoms with Gasteiger partial charge in [0.1, 0.15) is 5.82 Å². The molecule has 0 unspecified atom stereocenters. The number of hydrogen-bond acceptors (Lipinski definition) is 2. The monoisotopic (exact) mass is 262 g/mol. The number of nitrogens with zero attached hydrogens (tertiary/aromatic N) is 1. The highest BCUT2D eigenvalue weighted by Crippen LogP contribution is 2.26. The zero-order valence-electron chi connectivity index (χ0n) is 11.6. The number of aryl methyl sites for hydroxylation is 1. The molecule has 1 amide bonds. The summed E-state index contributed by atoms with van der Waals surface area (Å²) in [6, 6.07) is 3.14. The van der Waals surface area contributed by atoms with Gasteiger partial charge in [0.05, 0.1) is 5.56 Å². The van der Waals surface area contributed by atoms with Gasteiger partial charge in [-0.15, -0.1) is 0 Å². The molecule has 0 saturated heterocycles. The fourth-order valence-electron chi connectivity index (χ4n) is 2.30. The lowest BCUT2D eigenvalue weighted by molar-refractivity contribution is 0.0823. The molecule has 0 aliphatic carbocycles. The molecular formula is C15H19FN2O. The van der Waals surface area contributed by atoms with Gasteiger partial charge in [0.25, 0.3) is 5.91 Å². The maximum atomic E-state index is 14.1. The van der Waals surface area contributed by atoms with Crippen LogP contribution in [0.5, 0.6) is 0 Å². The number of carbonyl (C=O) groups is 1. The topological polar surface area (TPSA) is 32.3 Å². The summed E-state index contributed by atoms with van der Waals surface area (Å²) in [5.41, 5.74) is 3.15. The van der Waals surface area contributed by atoms with Crippen LogP contribution in [-0.2, 0) is 0 Å². The molecule has 1 aromatic carbocycles. The van der Waals surface area contributed by atoms with Crippen molar-refractivity contribution in [2.45, 2.75) is 13.3 Å². The summed E-state index contributed by atoms with van der Waals surface area (Å²) in [5.74, 6) is -0.745. The predicted molar refractivity (Wildman–Crippen MR) is 74.6 cm³/mol. The molecule has 1 heterocycles. The average molecular weight is 262 g/mol. The average Bonchev–Trinajstić information content (AvgIpc) is 2.41. The van der Waals surface area contributed by atoms with Crippen LogP contribution in [0.1, 0.15) is 27.9 Å². The molecule has 0 atom stereocenters. The molecule has 0 saturated carbocycles. The van der Waals surface area contributed by atoms with E-state index in [2.05, 4.69) is 11.4 Å². The third kappa shape index (κ3) is 2.84. The Labute approximate surface area is 113 Å². The van der Waals surface area contributed by atoms with Crippen LogP contribution in [-0.4, -0.2) is 38.0 Å². The van der Waals surface area contributed by atoms with E-state index in [1.54, 1.807) is 20.2 Å². The fraction of sp³-hybridized carbons (Fsp3) is 0.400. The molecule has 102 valence electrons. The van der Waals surface area contributed by atoms with Gasteiger partial charge in [-0.3, -0.25) is 4.79 Å². The Morgan fingerprint density at radius 2 is 2.11 bits per heavy atom. The van der Waals surface area contributed by atoms with Crippen LogP contribution < -0.4 is 5.32 Å². The molecule has 0 radical (unpaired) electrons. The van der Waals surface area contributed by atoms with Crippen molar-refractivity contribution in [1.29, 1.82) is 0 Å². The van der Waals surface area contributed by atoms with Crippen molar-refractivity contribution in [1.82, 2.24) is 10.2 Å². The zero-order chi connectivity index (χ0) is 14.0. The fourth-order valence-corrected chi connectivity index (χ4v) is 2.30. The van der Waals surface area contributed by atoms with Gasteiger partial charge in [0.15, 0.2) is 0 Å². The molecule has 4 heteroatoms. The van der Waals surface area contributed by atoms with Gasteiger partial charge in [-0.1, -0.05) is 6.08 Å². The first-order valence-corrected chi connectivity index (χ1v) is 6.42. The molecule has 0 spiro atoms. The SMILES string of the molecule is Cc1cc(C(=O)N(C)C)c(F)cc1C1=CCNCC1. The minimum absolute atomic E-state index is 0.140. The highest BCUT2D eigenvalue weighted by molar-refractivity contribution is 5.95. The third-order valence-electron chi connectivity index (χ3n) is 3.36. The molecule has 1 aliphatic rings. The summed E-state index contributed by atoms with van der Waals surface area (Å²) in [4.78, 5) is 13.3. The van der Waals surface area contributed by atoms with Gasteiger partial charge in [0.2, 0.25) is 0 Å². The van der Waals surface area contributed by atoms with E-state index < -0.39 is 5.82 Å². The Balaban J connectivity index is 2.42. The molecule has 1 aliphatic heterocycles. The zero-order valence-corrected chi connectivity index (χ0v) is 11.6. The van der Waals surface area contributed by atoms with E-state index in [1.807, 2.05) is 6.92 Å². The summed E-state index contributed by atoms with van der Waals surface area (Å²) in [6.07, 6.45) is 2.97. The number of nitrogens with one attached hydrogen (secondary N) is 1. The summed E-state index contributed by atoms with van der Waals surface area (Å²) in [5, 5.41) is 3.23. The van der Waals surface area contributed by atoms with E-state index in [0.29, 0.717) is 0 Å². The van der Waals surface area contributed by atoms with Crippen LogP contribution in [0.15, 0.2) is 18.2 Å². The lowest BCUT2D eigenvalue weighted by Gasteiger charge is -2.18. The van der Waals surface area contributed by atoms with Crippen molar-refractivity contribution in [2.24, 2.45) is 0 Å². The second-order valence-electron chi connectivity index (χ2n) is 5.03. The minimum Gasteiger partial charge on any atom is -0.345 e. The minimum atomic E-state index is -0.446. The van der Waals surface area contributed by atoms with Crippen LogP contribution in [0.4, 0.5) is 4.39 Å². The Morgan fingerprint density at radius 3 is 2.68 bits per heavy atom. The highest BCUT2D eigenvalue weighted by atomic mass is 19.1. The van der Waals surface area contributed by atoms with Crippen molar-refractivity contribution in [3.05, 3.63) is 40.7 Å². The quantitative estimate of drug-likeness (QED) is 0.886. The Bertz CT molecular complexity index is 535. The van der Waals surface area contributed by atoms with E-state index >= 15 is 0 Å². The summed E-state index contributed by atoms with van der Waals surface area (Å²) in [7, 11) is 3.25. The second-order valence-corrected chi connectivity index (χ2v) is 5.03. The van der Waals surface area contributed by atoms with E-state index in [-0.39, 0.29) is 11.5 Å². The Hall–Kier alpha value is -1.68. The molecule has 19 heavy (non-hydrogen) atoms. The number of rotatable bonds is 2. The first-order chi connectivity index (χ1) is 9.00. The largest absolute Gasteiger partial charge is 0.345 e.